The van der Waals surface area contributed by atoms with Gasteiger partial charge in [-0.3, -0.25) is 0 Å². The number of methoxy groups -OCH3 is 1. The Hall–Kier alpha value is -2.53. The minimum atomic E-state index is -3.44. The molecule has 0 saturated carbocycles. The van der Waals surface area contributed by atoms with Crippen LogP contribution in [0.2, 0.25) is 0 Å². The second kappa shape index (κ2) is 13.1. The summed E-state index contributed by atoms with van der Waals surface area (Å²) < 4.78 is 56.1. The van der Waals surface area contributed by atoms with Crippen LogP contribution in [0.15, 0.2) is 46.7 Å². The van der Waals surface area contributed by atoms with Crippen molar-refractivity contribution in [2.75, 3.05) is 39.2 Å². The fourth-order valence-electron chi connectivity index (χ4n) is 3.75. The average Bonchev–Trinajstić information content (AvgIpc) is 3.19. The minimum Gasteiger partial charge on any atom is -0.492 e. The van der Waals surface area contributed by atoms with Gasteiger partial charge in [0, 0.05) is 24.8 Å². The molecular formula is C26H32FNO6S2. The quantitative estimate of drug-likeness (QED) is 0.242. The zero-order valence-electron chi connectivity index (χ0n) is 20.7. The normalized spacial score (nSPS) is 12.6. The van der Waals surface area contributed by atoms with E-state index in [1.807, 2.05) is 24.3 Å². The number of fused-ring (bicyclic) bond motifs is 1. The minimum absolute atomic E-state index is 0.0206. The van der Waals surface area contributed by atoms with E-state index < -0.39 is 15.9 Å². The van der Waals surface area contributed by atoms with E-state index in [0.29, 0.717) is 60.1 Å². The number of esters is 1. The number of rotatable bonds is 14. The predicted molar refractivity (Wildman–Crippen MR) is 139 cm³/mol. The van der Waals surface area contributed by atoms with Crippen molar-refractivity contribution < 1.29 is 31.8 Å². The van der Waals surface area contributed by atoms with Crippen LogP contribution < -0.4 is 10.1 Å². The van der Waals surface area contributed by atoms with Crippen LogP contribution in [0.5, 0.6) is 5.75 Å². The summed E-state index contributed by atoms with van der Waals surface area (Å²) >= 11 is 1.19. The molecule has 1 atom stereocenters. The highest BCUT2D eigenvalue weighted by molar-refractivity contribution is 7.93. The van der Waals surface area contributed by atoms with Gasteiger partial charge < -0.3 is 19.5 Å². The standard InChI is InChI=1S/C26H32FNO6S2/c1-4-33-25(29)23(32-3)16-19-6-9-21(10-7-19)34-14-13-28-12-5-15-36(30,31)26-18(2)22-17-20(27)8-11-24(22)35-26/h6-11,17,23,28H,4-5,12-16H2,1-3H3. The second-order valence-electron chi connectivity index (χ2n) is 8.25. The Bertz CT molecular complexity index is 1260. The highest BCUT2D eigenvalue weighted by atomic mass is 32.2. The third kappa shape index (κ3) is 7.49. The molecule has 1 N–H and O–H groups in total. The van der Waals surface area contributed by atoms with Gasteiger partial charge in [-0.15, -0.1) is 11.3 Å². The van der Waals surface area contributed by atoms with E-state index in [-0.39, 0.29) is 17.5 Å². The molecule has 10 heteroatoms. The van der Waals surface area contributed by atoms with Crippen molar-refractivity contribution in [2.24, 2.45) is 0 Å². The van der Waals surface area contributed by atoms with Gasteiger partial charge in [-0.05, 0) is 73.7 Å². The number of halogens is 1. The summed E-state index contributed by atoms with van der Waals surface area (Å²) in [6.45, 7) is 5.32. The summed E-state index contributed by atoms with van der Waals surface area (Å²) in [5, 5.41) is 3.85. The first kappa shape index (κ1) is 28.0. The lowest BCUT2D eigenvalue weighted by atomic mass is 10.1. The highest BCUT2D eigenvalue weighted by Crippen LogP contribution is 2.35. The van der Waals surface area contributed by atoms with Crippen LogP contribution in [0.4, 0.5) is 4.39 Å². The monoisotopic (exact) mass is 537 g/mol. The largest absolute Gasteiger partial charge is 0.492 e. The number of benzene rings is 2. The van der Waals surface area contributed by atoms with Gasteiger partial charge in [0.15, 0.2) is 15.9 Å². The molecule has 1 aromatic heterocycles. The van der Waals surface area contributed by atoms with Crippen molar-refractivity contribution >= 4 is 37.2 Å². The van der Waals surface area contributed by atoms with Crippen LogP contribution in [0.25, 0.3) is 10.1 Å². The average molecular weight is 538 g/mol. The fourth-order valence-corrected chi connectivity index (χ4v) is 6.98. The van der Waals surface area contributed by atoms with Crippen LogP contribution in [-0.2, 0) is 30.5 Å². The van der Waals surface area contributed by atoms with E-state index in [0.717, 1.165) is 10.3 Å². The van der Waals surface area contributed by atoms with Gasteiger partial charge in [0.25, 0.3) is 0 Å². The Morgan fingerprint density at radius 1 is 1.14 bits per heavy atom. The summed E-state index contributed by atoms with van der Waals surface area (Å²) in [5.74, 6) is -0.0332. The molecule has 2 aromatic carbocycles. The smallest absolute Gasteiger partial charge is 0.335 e. The Kier molecular flexibility index (Phi) is 10.2. The number of hydrogen-bond acceptors (Lipinski definition) is 8. The number of ether oxygens (including phenoxy) is 3. The maximum absolute atomic E-state index is 13.5. The molecule has 0 amide bonds. The Balaban J connectivity index is 1.38. The fraction of sp³-hybridized carbons (Fsp3) is 0.423. The van der Waals surface area contributed by atoms with E-state index in [1.54, 1.807) is 19.9 Å². The van der Waals surface area contributed by atoms with Crippen molar-refractivity contribution in [2.45, 2.75) is 37.0 Å². The lowest BCUT2D eigenvalue weighted by Crippen LogP contribution is -2.27. The van der Waals surface area contributed by atoms with Crippen molar-refractivity contribution in [3.63, 3.8) is 0 Å². The molecule has 0 spiro atoms. The summed E-state index contributed by atoms with van der Waals surface area (Å²) in [5.41, 5.74) is 1.54. The van der Waals surface area contributed by atoms with Gasteiger partial charge in [-0.2, -0.15) is 0 Å². The molecule has 0 fully saturated rings. The zero-order valence-corrected chi connectivity index (χ0v) is 22.3. The maximum atomic E-state index is 13.5. The predicted octanol–water partition coefficient (Wildman–Crippen LogP) is 4.30. The maximum Gasteiger partial charge on any atom is 0.335 e. The second-order valence-corrected chi connectivity index (χ2v) is 11.6. The Morgan fingerprint density at radius 2 is 1.89 bits per heavy atom. The van der Waals surface area contributed by atoms with Gasteiger partial charge in [-0.1, -0.05) is 12.1 Å². The number of sulfone groups is 1. The first-order valence-electron chi connectivity index (χ1n) is 11.8. The number of aryl methyl sites for hydroxylation is 1. The van der Waals surface area contributed by atoms with Crippen LogP contribution in [-0.4, -0.2) is 59.7 Å². The summed E-state index contributed by atoms with van der Waals surface area (Å²) in [4.78, 5) is 11.9. The Labute approximate surface area is 215 Å². The summed E-state index contributed by atoms with van der Waals surface area (Å²) in [6, 6.07) is 11.8. The molecule has 0 bridgehead atoms. The summed E-state index contributed by atoms with van der Waals surface area (Å²) in [7, 11) is -1.96. The summed E-state index contributed by atoms with van der Waals surface area (Å²) in [6.07, 6.45) is 0.230. The number of carbonyl (C=O) groups excluding carboxylic acids is 1. The van der Waals surface area contributed by atoms with E-state index in [2.05, 4.69) is 5.32 Å². The van der Waals surface area contributed by atoms with Gasteiger partial charge in [0.2, 0.25) is 0 Å². The molecule has 3 rings (SSSR count). The molecule has 0 aliphatic heterocycles. The van der Waals surface area contributed by atoms with Crippen LogP contribution in [0.3, 0.4) is 0 Å². The van der Waals surface area contributed by atoms with E-state index in [1.165, 1.54) is 30.6 Å². The van der Waals surface area contributed by atoms with Crippen molar-refractivity contribution in [1.29, 1.82) is 0 Å². The van der Waals surface area contributed by atoms with Crippen LogP contribution in [0.1, 0.15) is 24.5 Å². The van der Waals surface area contributed by atoms with Crippen LogP contribution >= 0.6 is 11.3 Å². The molecule has 1 unspecified atom stereocenters. The third-order valence-corrected chi connectivity index (χ3v) is 9.41. The van der Waals surface area contributed by atoms with Gasteiger partial charge in [0.05, 0.1) is 12.4 Å². The molecule has 196 valence electrons. The topological polar surface area (TPSA) is 90.9 Å². The number of thiophene rings is 1. The molecular weight excluding hydrogens is 505 g/mol. The molecule has 0 radical (unpaired) electrons. The lowest BCUT2D eigenvalue weighted by Gasteiger charge is -2.14. The SMILES string of the molecule is CCOC(=O)C(Cc1ccc(OCCNCCCS(=O)(=O)c2sc3ccc(F)cc3c2C)cc1)OC. The lowest BCUT2D eigenvalue weighted by molar-refractivity contribution is -0.154. The molecule has 0 aliphatic rings. The molecule has 36 heavy (non-hydrogen) atoms. The number of nitrogens with one attached hydrogen (secondary N) is 1. The molecule has 3 aromatic rings. The van der Waals surface area contributed by atoms with Crippen molar-refractivity contribution in [3.8, 4) is 5.75 Å². The number of hydrogen-bond donors (Lipinski definition) is 1. The van der Waals surface area contributed by atoms with E-state index in [9.17, 15) is 17.6 Å². The Morgan fingerprint density at radius 3 is 2.58 bits per heavy atom. The first-order chi connectivity index (χ1) is 17.2. The molecule has 0 saturated heterocycles. The van der Waals surface area contributed by atoms with E-state index in [4.69, 9.17) is 14.2 Å². The molecule has 1 heterocycles. The first-order valence-corrected chi connectivity index (χ1v) is 14.2. The van der Waals surface area contributed by atoms with Crippen LogP contribution in [0, 0.1) is 12.7 Å². The third-order valence-electron chi connectivity index (χ3n) is 5.63. The van der Waals surface area contributed by atoms with Gasteiger partial charge in [0.1, 0.15) is 22.4 Å². The highest BCUT2D eigenvalue weighted by Gasteiger charge is 2.22. The zero-order chi connectivity index (χ0) is 26.1. The van der Waals surface area contributed by atoms with E-state index >= 15 is 0 Å². The van der Waals surface area contributed by atoms with Gasteiger partial charge >= 0.3 is 5.97 Å². The number of carbonyl (C=O) groups is 1. The molecule has 0 aliphatic carbocycles. The van der Waals surface area contributed by atoms with Crippen molar-refractivity contribution in [3.05, 3.63) is 59.4 Å². The molecule has 7 nitrogen and oxygen atoms in total. The van der Waals surface area contributed by atoms with Crippen molar-refractivity contribution in [1.82, 2.24) is 5.32 Å². The van der Waals surface area contributed by atoms with Gasteiger partial charge in [-0.25, -0.2) is 17.6 Å².